The van der Waals surface area contributed by atoms with Crippen molar-refractivity contribution in [2.75, 3.05) is 36.0 Å². The van der Waals surface area contributed by atoms with E-state index in [0.717, 1.165) is 55.6 Å². The summed E-state index contributed by atoms with van der Waals surface area (Å²) in [6.45, 7) is 8.00. The summed E-state index contributed by atoms with van der Waals surface area (Å²) in [5, 5.41) is 4.52. The molecule has 3 heterocycles. The van der Waals surface area contributed by atoms with Crippen molar-refractivity contribution in [2.24, 2.45) is 0 Å². The third-order valence-electron chi connectivity index (χ3n) is 4.78. The van der Waals surface area contributed by atoms with E-state index in [0.29, 0.717) is 0 Å². The van der Waals surface area contributed by atoms with Crippen LogP contribution in [0.4, 0.5) is 11.5 Å². The maximum absolute atomic E-state index is 4.83. The predicted octanol–water partition coefficient (Wildman–Crippen LogP) is 3.00. The molecular weight excluding hydrogens is 324 g/mol. The fourth-order valence-electron chi connectivity index (χ4n) is 3.50. The van der Waals surface area contributed by atoms with Crippen LogP contribution in [0.5, 0.6) is 0 Å². The first kappa shape index (κ1) is 16.6. The topological polar surface area (TPSA) is 50.1 Å². The number of aryl methyl sites for hydroxylation is 2. The monoisotopic (exact) mass is 348 g/mol. The van der Waals surface area contributed by atoms with Gasteiger partial charge in [-0.05, 0) is 38.5 Å². The molecule has 1 aliphatic rings. The number of para-hydroxylation sites is 1. The molecule has 0 atom stereocenters. The summed E-state index contributed by atoms with van der Waals surface area (Å²) in [5.74, 6) is 1.70. The quantitative estimate of drug-likeness (QED) is 0.728. The standard InChI is InChI=1S/C20H24N6/c1-16-13-17(2)26(23-16)20-15-21-14-19(22-20)25-10-6-9-24(11-12-25)18-7-4-3-5-8-18/h3-5,7-8,13-15H,6,9-12H2,1-2H3. The van der Waals surface area contributed by atoms with Gasteiger partial charge in [0.25, 0.3) is 0 Å². The Hall–Kier alpha value is -2.89. The molecule has 0 saturated carbocycles. The minimum atomic E-state index is 0.775. The number of rotatable bonds is 3. The SMILES string of the molecule is Cc1cc(C)n(-c2cncc(N3CCCN(c4ccccc4)CC3)n2)n1. The lowest BCUT2D eigenvalue weighted by Gasteiger charge is -2.24. The summed E-state index contributed by atoms with van der Waals surface area (Å²) in [4.78, 5) is 14.0. The van der Waals surface area contributed by atoms with Crippen LogP contribution in [-0.4, -0.2) is 45.9 Å². The third-order valence-corrected chi connectivity index (χ3v) is 4.78. The van der Waals surface area contributed by atoms with Crippen molar-refractivity contribution < 1.29 is 0 Å². The lowest BCUT2D eigenvalue weighted by atomic mass is 10.3. The van der Waals surface area contributed by atoms with Crippen molar-refractivity contribution in [3.8, 4) is 5.82 Å². The Labute approximate surface area is 154 Å². The Morgan fingerprint density at radius 2 is 1.58 bits per heavy atom. The molecule has 0 spiro atoms. The Balaban J connectivity index is 1.53. The van der Waals surface area contributed by atoms with Crippen molar-refractivity contribution in [3.63, 3.8) is 0 Å². The van der Waals surface area contributed by atoms with Crippen molar-refractivity contribution in [3.05, 3.63) is 60.2 Å². The highest BCUT2D eigenvalue weighted by molar-refractivity contribution is 5.48. The lowest BCUT2D eigenvalue weighted by Crippen LogP contribution is -2.31. The first-order valence-corrected chi connectivity index (χ1v) is 9.11. The van der Waals surface area contributed by atoms with Gasteiger partial charge in [0, 0.05) is 37.6 Å². The first-order valence-electron chi connectivity index (χ1n) is 9.11. The zero-order valence-electron chi connectivity index (χ0n) is 15.3. The van der Waals surface area contributed by atoms with Gasteiger partial charge >= 0.3 is 0 Å². The van der Waals surface area contributed by atoms with Gasteiger partial charge in [-0.25, -0.2) is 9.67 Å². The molecule has 26 heavy (non-hydrogen) atoms. The molecule has 6 heteroatoms. The van der Waals surface area contributed by atoms with Crippen molar-refractivity contribution in [1.82, 2.24) is 19.7 Å². The fraction of sp³-hybridized carbons (Fsp3) is 0.350. The number of aromatic nitrogens is 4. The van der Waals surface area contributed by atoms with Crippen molar-refractivity contribution in [2.45, 2.75) is 20.3 Å². The van der Waals surface area contributed by atoms with Crippen molar-refractivity contribution >= 4 is 11.5 Å². The van der Waals surface area contributed by atoms with Crippen molar-refractivity contribution in [1.29, 1.82) is 0 Å². The van der Waals surface area contributed by atoms with E-state index in [2.05, 4.69) is 56.3 Å². The van der Waals surface area contributed by atoms with Gasteiger partial charge in [-0.15, -0.1) is 0 Å². The maximum Gasteiger partial charge on any atom is 0.174 e. The zero-order valence-corrected chi connectivity index (χ0v) is 15.3. The second kappa shape index (κ2) is 7.15. The minimum absolute atomic E-state index is 0.775. The van der Waals surface area contributed by atoms with Gasteiger partial charge in [-0.3, -0.25) is 4.98 Å². The molecule has 1 fully saturated rings. The van der Waals surface area contributed by atoms with E-state index >= 15 is 0 Å². The molecule has 1 aromatic carbocycles. The number of benzene rings is 1. The summed E-state index contributed by atoms with van der Waals surface area (Å²) in [6, 6.07) is 12.7. The first-order chi connectivity index (χ1) is 12.7. The minimum Gasteiger partial charge on any atom is -0.370 e. The van der Waals surface area contributed by atoms with Gasteiger partial charge in [0.1, 0.15) is 5.82 Å². The maximum atomic E-state index is 4.83. The van der Waals surface area contributed by atoms with Crippen LogP contribution in [0.15, 0.2) is 48.8 Å². The van der Waals surface area contributed by atoms with E-state index in [1.165, 1.54) is 5.69 Å². The molecular formula is C20H24N6. The van der Waals surface area contributed by atoms with Crippen LogP contribution in [0.2, 0.25) is 0 Å². The molecule has 2 aromatic heterocycles. The van der Waals surface area contributed by atoms with Crippen LogP contribution < -0.4 is 9.80 Å². The van der Waals surface area contributed by atoms with Gasteiger partial charge in [0.2, 0.25) is 0 Å². The Morgan fingerprint density at radius 1 is 0.846 bits per heavy atom. The molecule has 1 aliphatic heterocycles. The van der Waals surface area contributed by atoms with E-state index in [1.54, 1.807) is 6.20 Å². The van der Waals surface area contributed by atoms with Gasteiger partial charge in [-0.1, -0.05) is 18.2 Å². The van der Waals surface area contributed by atoms with E-state index in [9.17, 15) is 0 Å². The summed E-state index contributed by atoms with van der Waals surface area (Å²) in [6.07, 6.45) is 4.73. The number of hydrogen-bond acceptors (Lipinski definition) is 5. The van der Waals surface area contributed by atoms with E-state index in [-0.39, 0.29) is 0 Å². The highest BCUT2D eigenvalue weighted by atomic mass is 15.3. The molecule has 0 radical (unpaired) electrons. The summed E-state index contributed by atoms with van der Waals surface area (Å²) in [5.41, 5.74) is 3.35. The van der Waals surface area contributed by atoms with Gasteiger partial charge in [0.15, 0.2) is 5.82 Å². The predicted molar refractivity (Wildman–Crippen MR) is 104 cm³/mol. The highest BCUT2D eigenvalue weighted by Crippen LogP contribution is 2.19. The fourth-order valence-corrected chi connectivity index (χ4v) is 3.50. The van der Waals surface area contributed by atoms with Gasteiger partial charge in [-0.2, -0.15) is 5.10 Å². The van der Waals surface area contributed by atoms with E-state index < -0.39 is 0 Å². The molecule has 0 unspecified atom stereocenters. The second-order valence-electron chi connectivity index (χ2n) is 6.74. The molecule has 1 saturated heterocycles. The summed E-state index contributed by atoms with van der Waals surface area (Å²) >= 11 is 0. The molecule has 0 N–H and O–H groups in total. The van der Waals surface area contributed by atoms with Crippen LogP contribution in [0.25, 0.3) is 5.82 Å². The Kier molecular flexibility index (Phi) is 4.56. The van der Waals surface area contributed by atoms with Crippen LogP contribution >= 0.6 is 0 Å². The Bertz CT molecular complexity index is 873. The van der Waals surface area contributed by atoms with Crippen LogP contribution in [0.1, 0.15) is 17.8 Å². The number of hydrogen-bond donors (Lipinski definition) is 0. The Morgan fingerprint density at radius 3 is 2.35 bits per heavy atom. The smallest absolute Gasteiger partial charge is 0.174 e. The average Bonchev–Trinajstić information content (AvgIpc) is 2.87. The van der Waals surface area contributed by atoms with Crippen LogP contribution in [0, 0.1) is 13.8 Å². The second-order valence-corrected chi connectivity index (χ2v) is 6.74. The molecule has 0 amide bonds. The summed E-state index contributed by atoms with van der Waals surface area (Å²) < 4.78 is 1.86. The average molecular weight is 348 g/mol. The van der Waals surface area contributed by atoms with Crippen LogP contribution in [0.3, 0.4) is 0 Å². The third kappa shape index (κ3) is 3.40. The van der Waals surface area contributed by atoms with Gasteiger partial charge in [0.05, 0.1) is 18.1 Å². The highest BCUT2D eigenvalue weighted by Gasteiger charge is 2.17. The van der Waals surface area contributed by atoms with Crippen LogP contribution in [-0.2, 0) is 0 Å². The molecule has 0 bridgehead atoms. The molecule has 3 aromatic rings. The van der Waals surface area contributed by atoms with Gasteiger partial charge < -0.3 is 9.80 Å². The van der Waals surface area contributed by atoms with E-state index in [4.69, 9.17) is 4.98 Å². The number of nitrogens with zero attached hydrogens (tertiary/aromatic N) is 6. The molecule has 0 aliphatic carbocycles. The largest absolute Gasteiger partial charge is 0.370 e. The zero-order chi connectivity index (χ0) is 17.9. The summed E-state index contributed by atoms with van der Waals surface area (Å²) in [7, 11) is 0. The molecule has 134 valence electrons. The lowest BCUT2D eigenvalue weighted by molar-refractivity contribution is 0.767. The van der Waals surface area contributed by atoms with E-state index in [1.807, 2.05) is 24.7 Å². The number of anilines is 2. The molecule has 6 nitrogen and oxygen atoms in total. The normalized spacial score (nSPS) is 15.2. The molecule has 4 rings (SSSR count).